The summed E-state index contributed by atoms with van der Waals surface area (Å²) in [7, 11) is 0. The van der Waals surface area contributed by atoms with Gasteiger partial charge in [0.2, 0.25) is 0 Å². The molecule has 31 heavy (non-hydrogen) atoms. The van der Waals surface area contributed by atoms with Crippen molar-refractivity contribution in [3.05, 3.63) is 95.4 Å². The van der Waals surface area contributed by atoms with E-state index in [4.69, 9.17) is 0 Å². The normalized spacial score (nSPS) is 10.9. The van der Waals surface area contributed by atoms with Crippen molar-refractivity contribution >= 4 is 28.3 Å². The molecule has 0 radical (unpaired) electrons. The molecule has 1 amide bonds. The van der Waals surface area contributed by atoms with Crippen LogP contribution in [0.1, 0.15) is 40.4 Å². The van der Waals surface area contributed by atoms with Gasteiger partial charge in [-0.25, -0.2) is 0 Å². The average Bonchev–Trinajstić information content (AvgIpc) is 3.29. The minimum Gasteiger partial charge on any atom is -0.350 e. The molecule has 0 fully saturated rings. The first kappa shape index (κ1) is 20.5. The molecule has 4 aromatic rings. The first-order valence-electron chi connectivity index (χ1n) is 10.4. The van der Waals surface area contributed by atoms with Gasteiger partial charge in [-0.1, -0.05) is 25.1 Å². The van der Waals surface area contributed by atoms with E-state index in [1.165, 1.54) is 0 Å². The predicted octanol–water partition coefficient (Wildman–Crippen LogP) is 5.17. The lowest BCUT2D eigenvalue weighted by Crippen LogP contribution is -2.13. The highest BCUT2D eigenvalue weighted by Crippen LogP contribution is 2.25. The molecule has 0 atom stereocenters. The van der Waals surface area contributed by atoms with Crippen molar-refractivity contribution in [2.45, 2.75) is 33.2 Å². The molecule has 0 aliphatic carbocycles. The van der Waals surface area contributed by atoms with Gasteiger partial charge in [-0.15, -0.1) is 0 Å². The van der Waals surface area contributed by atoms with E-state index < -0.39 is 0 Å². The molecule has 0 saturated carbocycles. The summed E-state index contributed by atoms with van der Waals surface area (Å²) in [6, 6.07) is 17.3. The monoisotopic (exact) mass is 411 g/mol. The van der Waals surface area contributed by atoms with Gasteiger partial charge in [0.25, 0.3) is 5.91 Å². The van der Waals surface area contributed by atoms with Crippen molar-refractivity contribution in [2.24, 2.45) is 0 Å². The third-order valence-electron chi connectivity index (χ3n) is 5.45. The van der Waals surface area contributed by atoms with Crippen molar-refractivity contribution < 1.29 is 9.59 Å². The summed E-state index contributed by atoms with van der Waals surface area (Å²) in [5, 5.41) is 4.04. The molecule has 0 aliphatic heterocycles. The van der Waals surface area contributed by atoms with Crippen molar-refractivity contribution in [3.8, 4) is 0 Å². The van der Waals surface area contributed by atoms with E-state index in [2.05, 4.69) is 20.9 Å². The van der Waals surface area contributed by atoms with Crippen LogP contribution in [-0.2, 0) is 17.8 Å². The molecule has 156 valence electrons. The zero-order chi connectivity index (χ0) is 21.8. The minimum atomic E-state index is -0.181. The summed E-state index contributed by atoms with van der Waals surface area (Å²) in [6.07, 6.45) is 6.87. The van der Waals surface area contributed by atoms with E-state index in [1.54, 1.807) is 12.1 Å². The molecule has 2 heterocycles. The Bertz CT molecular complexity index is 1230. The molecule has 5 nitrogen and oxygen atoms in total. The third-order valence-corrected chi connectivity index (χ3v) is 5.45. The molecule has 5 heteroatoms. The minimum absolute atomic E-state index is 0.181. The molecule has 2 aromatic carbocycles. The first-order valence-corrected chi connectivity index (χ1v) is 10.4. The number of carbonyl (C=O) groups is 2. The summed E-state index contributed by atoms with van der Waals surface area (Å²) in [6.45, 7) is 4.59. The largest absolute Gasteiger partial charge is 0.350 e. The van der Waals surface area contributed by atoms with Crippen molar-refractivity contribution in [1.29, 1.82) is 0 Å². The van der Waals surface area contributed by atoms with Crippen LogP contribution in [0.5, 0.6) is 0 Å². The van der Waals surface area contributed by atoms with E-state index in [-0.39, 0.29) is 11.7 Å². The second kappa shape index (κ2) is 8.96. The van der Waals surface area contributed by atoms with E-state index in [1.807, 2.05) is 68.8 Å². The lowest BCUT2D eigenvalue weighted by atomic mass is 10.0. The van der Waals surface area contributed by atoms with E-state index in [9.17, 15) is 9.59 Å². The number of fused-ring (bicyclic) bond motifs is 1. The Morgan fingerprint density at radius 1 is 1.00 bits per heavy atom. The van der Waals surface area contributed by atoms with Crippen LogP contribution < -0.4 is 5.32 Å². The van der Waals surface area contributed by atoms with Gasteiger partial charge in [0, 0.05) is 54.6 Å². The number of nitrogens with zero attached hydrogens (tertiary/aromatic N) is 2. The van der Waals surface area contributed by atoms with Crippen molar-refractivity contribution in [3.63, 3.8) is 0 Å². The van der Waals surface area contributed by atoms with Crippen molar-refractivity contribution in [1.82, 2.24) is 9.55 Å². The number of nitrogens with one attached hydrogen (secondary N) is 1. The smallest absolute Gasteiger partial charge is 0.255 e. The first-order chi connectivity index (χ1) is 15.0. The van der Waals surface area contributed by atoms with E-state index in [0.29, 0.717) is 18.4 Å². The topological polar surface area (TPSA) is 64.0 Å². The summed E-state index contributed by atoms with van der Waals surface area (Å²) in [5.74, 6) is 0.00746. The number of amides is 1. The van der Waals surface area contributed by atoms with E-state index in [0.717, 1.165) is 39.8 Å². The van der Waals surface area contributed by atoms with Crippen LogP contribution in [0.3, 0.4) is 0 Å². The lowest BCUT2D eigenvalue weighted by Gasteiger charge is -2.12. The number of benzene rings is 2. The second-order valence-electron chi connectivity index (χ2n) is 7.73. The molecule has 0 saturated heterocycles. The number of aromatic nitrogens is 2. The van der Waals surface area contributed by atoms with Crippen LogP contribution in [0.25, 0.3) is 10.9 Å². The molecular weight excluding hydrogens is 386 g/mol. The van der Waals surface area contributed by atoms with Crippen LogP contribution in [0.15, 0.2) is 73.2 Å². The molecule has 0 spiro atoms. The number of hydrogen-bond donors (Lipinski definition) is 1. The Morgan fingerprint density at radius 2 is 1.74 bits per heavy atom. The summed E-state index contributed by atoms with van der Waals surface area (Å²) >= 11 is 0. The van der Waals surface area contributed by atoms with Crippen LogP contribution in [0, 0.1) is 6.92 Å². The number of aryl methyl sites for hydroxylation is 1. The van der Waals surface area contributed by atoms with Gasteiger partial charge in [-0.2, -0.15) is 0 Å². The van der Waals surface area contributed by atoms with Gasteiger partial charge in [-0.3, -0.25) is 14.6 Å². The highest BCUT2D eigenvalue weighted by atomic mass is 16.1. The predicted molar refractivity (Wildman–Crippen MR) is 123 cm³/mol. The standard InChI is InChI=1S/C26H25N3O2/c1-3-23(30)15-19-6-8-21(9-7-19)26(31)28-24-11-10-22-14-20(16-27-25(22)18(24)2)17-29-12-4-5-13-29/h4-14,16H,3,15,17H2,1-2H3,(H,28,31). The molecule has 0 bridgehead atoms. The van der Waals surface area contributed by atoms with Gasteiger partial charge in [0.05, 0.1) is 5.52 Å². The molecular formula is C26H25N3O2. The van der Waals surface area contributed by atoms with Gasteiger partial charge in [0.15, 0.2) is 0 Å². The SMILES string of the molecule is CCC(=O)Cc1ccc(C(=O)Nc2ccc3cc(Cn4cccc4)cnc3c2C)cc1. The van der Waals surface area contributed by atoms with E-state index >= 15 is 0 Å². The fraction of sp³-hybridized carbons (Fsp3) is 0.192. The highest BCUT2D eigenvalue weighted by Gasteiger charge is 2.11. The maximum Gasteiger partial charge on any atom is 0.255 e. The fourth-order valence-corrected chi connectivity index (χ4v) is 3.62. The fourth-order valence-electron chi connectivity index (χ4n) is 3.62. The highest BCUT2D eigenvalue weighted by molar-refractivity contribution is 6.06. The molecule has 4 rings (SSSR count). The zero-order valence-electron chi connectivity index (χ0n) is 17.8. The second-order valence-corrected chi connectivity index (χ2v) is 7.73. The quantitative estimate of drug-likeness (QED) is 0.456. The van der Waals surface area contributed by atoms with Gasteiger partial charge >= 0.3 is 0 Å². The molecule has 0 unspecified atom stereocenters. The maximum absolute atomic E-state index is 12.7. The number of pyridine rings is 1. The number of rotatable bonds is 7. The molecule has 0 aliphatic rings. The zero-order valence-corrected chi connectivity index (χ0v) is 17.8. The van der Waals surface area contributed by atoms with Crippen LogP contribution in [-0.4, -0.2) is 21.2 Å². The van der Waals surface area contributed by atoms with Gasteiger partial charge in [0.1, 0.15) is 5.78 Å². The Hall–Kier alpha value is -3.73. The summed E-state index contributed by atoms with van der Waals surface area (Å²) < 4.78 is 2.10. The number of Topliss-reactive ketones (excluding diaryl/α,β-unsaturated/α-hetero) is 1. The third kappa shape index (κ3) is 4.72. The molecule has 1 N–H and O–H groups in total. The Kier molecular flexibility index (Phi) is 5.94. The Labute approximate surface area is 181 Å². The summed E-state index contributed by atoms with van der Waals surface area (Å²) in [5.41, 5.74) is 5.16. The number of ketones is 1. The van der Waals surface area contributed by atoms with Crippen molar-refractivity contribution in [2.75, 3.05) is 5.32 Å². The number of hydrogen-bond acceptors (Lipinski definition) is 3. The average molecular weight is 412 g/mol. The Morgan fingerprint density at radius 3 is 2.45 bits per heavy atom. The lowest BCUT2D eigenvalue weighted by molar-refractivity contribution is -0.118. The Balaban J connectivity index is 1.50. The van der Waals surface area contributed by atoms with Crippen LogP contribution >= 0.6 is 0 Å². The van der Waals surface area contributed by atoms with Gasteiger partial charge in [-0.05, 0) is 60.0 Å². The number of anilines is 1. The molecule has 2 aromatic heterocycles. The summed E-state index contributed by atoms with van der Waals surface area (Å²) in [4.78, 5) is 29.0. The number of carbonyl (C=O) groups excluding carboxylic acids is 2. The maximum atomic E-state index is 12.7. The van der Waals surface area contributed by atoms with Crippen LogP contribution in [0.4, 0.5) is 5.69 Å². The van der Waals surface area contributed by atoms with Gasteiger partial charge < -0.3 is 9.88 Å². The van der Waals surface area contributed by atoms with Crippen LogP contribution in [0.2, 0.25) is 0 Å².